The van der Waals surface area contributed by atoms with Crippen LogP contribution >= 0.6 is 11.6 Å². The van der Waals surface area contributed by atoms with Crippen molar-refractivity contribution in [1.82, 2.24) is 5.32 Å². The second kappa shape index (κ2) is 6.76. The van der Waals surface area contributed by atoms with Crippen LogP contribution in [0.3, 0.4) is 0 Å². The minimum absolute atomic E-state index is 0.230. The number of hydrogen-bond acceptors (Lipinski definition) is 1. The van der Waals surface area contributed by atoms with E-state index < -0.39 is 0 Å². The summed E-state index contributed by atoms with van der Waals surface area (Å²) < 4.78 is 0. The number of hydrogen-bond donors (Lipinski definition) is 1. The highest BCUT2D eigenvalue weighted by molar-refractivity contribution is 6.17. The van der Waals surface area contributed by atoms with Crippen molar-refractivity contribution in [3.8, 4) is 0 Å². The third-order valence-electron chi connectivity index (χ3n) is 3.52. The average molecular weight is 282 g/mol. The van der Waals surface area contributed by atoms with Crippen LogP contribution in [-0.2, 0) is 12.0 Å². The third-order valence-corrected chi connectivity index (χ3v) is 3.71. The molecule has 1 aromatic rings. The molecule has 0 fully saturated rings. The first-order chi connectivity index (χ1) is 8.74. The molecule has 0 saturated carbocycles. The number of alkyl halides is 1. The zero-order valence-electron chi connectivity index (χ0n) is 13.0. The lowest BCUT2D eigenvalue weighted by molar-refractivity contribution is 0.329. The summed E-state index contributed by atoms with van der Waals surface area (Å²) in [5.74, 6) is 0.731. The van der Waals surface area contributed by atoms with Crippen molar-refractivity contribution in [3.63, 3.8) is 0 Å². The van der Waals surface area contributed by atoms with Crippen LogP contribution in [0.5, 0.6) is 0 Å². The first-order valence-electron chi connectivity index (χ1n) is 7.11. The van der Waals surface area contributed by atoms with E-state index in [0.717, 1.165) is 25.4 Å². The summed E-state index contributed by atoms with van der Waals surface area (Å²) in [5, 5.41) is 3.53. The van der Waals surface area contributed by atoms with Gasteiger partial charge in [0.1, 0.15) is 0 Å². The molecule has 1 aromatic carbocycles. The van der Waals surface area contributed by atoms with E-state index in [1.165, 1.54) is 11.1 Å². The third kappa shape index (κ3) is 5.97. The molecule has 0 radical (unpaired) electrons. The van der Waals surface area contributed by atoms with Gasteiger partial charge in [0.25, 0.3) is 0 Å². The molecule has 2 heteroatoms. The summed E-state index contributed by atoms with van der Waals surface area (Å²) in [6, 6.07) is 8.92. The first kappa shape index (κ1) is 16.5. The van der Waals surface area contributed by atoms with Crippen LogP contribution in [0.4, 0.5) is 0 Å². The van der Waals surface area contributed by atoms with Crippen LogP contribution in [0, 0.1) is 5.41 Å². The molecule has 0 aliphatic heterocycles. The van der Waals surface area contributed by atoms with Crippen LogP contribution in [0.25, 0.3) is 0 Å². The molecule has 1 nitrogen and oxygen atoms in total. The van der Waals surface area contributed by atoms with Gasteiger partial charge in [0.15, 0.2) is 0 Å². The van der Waals surface area contributed by atoms with Gasteiger partial charge in [-0.25, -0.2) is 0 Å². The van der Waals surface area contributed by atoms with E-state index in [1.807, 2.05) is 0 Å². The lowest BCUT2D eigenvalue weighted by Crippen LogP contribution is -2.29. The monoisotopic (exact) mass is 281 g/mol. The molecular formula is C17H28ClN. The fourth-order valence-electron chi connectivity index (χ4n) is 2.01. The Morgan fingerprint density at radius 1 is 1.00 bits per heavy atom. The van der Waals surface area contributed by atoms with Crippen LogP contribution in [-0.4, -0.2) is 12.4 Å². The molecule has 0 atom stereocenters. The normalized spacial score (nSPS) is 12.7. The van der Waals surface area contributed by atoms with Gasteiger partial charge in [-0.2, -0.15) is 0 Å². The highest BCUT2D eigenvalue weighted by atomic mass is 35.5. The van der Waals surface area contributed by atoms with Crippen LogP contribution in [0.1, 0.15) is 52.2 Å². The predicted molar refractivity (Wildman–Crippen MR) is 86.0 cm³/mol. The highest BCUT2D eigenvalue weighted by Gasteiger charge is 2.16. The zero-order valence-corrected chi connectivity index (χ0v) is 13.8. The molecule has 1 N–H and O–H groups in total. The van der Waals surface area contributed by atoms with Gasteiger partial charge in [-0.15, -0.1) is 11.6 Å². The second-order valence-electron chi connectivity index (χ2n) is 7.15. The fourth-order valence-corrected chi connectivity index (χ4v) is 2.52. The summed E-state index contributed by atoms with van der Waals surface area (Å²) >= 11 is 5.81. The van der Waals surface area contributed by atoms with Gasteiger partial charge in [0.05, 0.1) is 0 Å². The predicted octanol–water partition coefficient (Wildman–Crippen LogP) is 4.73. The Hall–Kier alpha value is -0.530. The molecule has 1 rings (SSSR count). The molecule has 0 spiro atoms. The van der Waals surface area contributed by atoms with Gasteiger partial charge in [0.2, 0.25) is 0 Å². The lowest BCUT2D eigenvalue weighted by atomic mass is 9.86. The minimum Gasteiger partial charge on any atom is -0.312 e. The summed E-state index contributed by atoms with van der Waals surface area (Å²) in [7, 11) is 0. The van der Waals surface area contributed by atoms with E-state index in [-0.39, 0.29) is 10.8 Å². The van der Waals surface area contributed by atoms with Crippen LogP contribution in [0.15, 0.2) is 24.3 Å². The van der Waals surface area contributed by atoms with Gasteiger partial charge >= 0.3 is 0 Å². The Balaban J connectivity index is 2.47. The minimum atomic E-state index is 0.230. The smallest absolute Gasteiger partial charge is 0.0229 e. The lowest BCUT2D eigenvalue weighted by Gasteiger charge is -2.24. The van der Waals surface area contributed by atoms with Gasteiger partial charge in [-0.1, -0.05) is 58.9 Å². The Labute approximate surface area is 123 Å². The van der Waals surface area contributed by atoms with Gasteiger partial charge in [-0.3, -0.25) is 0 Å². The number of rotatable bonds is 6. The molecule has 0 amide bonds. The Bertz CT molecular complexity index is 373. The topological polar surface area (TPSA) is 12.0 Å². The Morgan fingerprint density at radius 2 is 1.58 bits per heavy atom. The summed E-state index contributed by atoms with van der Waals surface area (Å²) in [6.07, 6.45) is 1.05. The molecule has 0 aliphatic carbocycles. The van der Waals surface area contributed by atoms with Crippen molar-refractivity contribution in [2.24, 2.45) is 5.41 Å². The fraction of sp³-hybridized carbons (Fsp3) is 0.647. The Morgan fingerprint density at radius 3 is 2.05 bits per heavy atom. The summed E-state index contributed by atoms with van der Waals surface area (Å²) in [4.78, 5) is 0. The molecular weight excluding hydrogens is 254 g/mol. The van der Waals surface area contributed by atoms with Gasteiger partial charge in [0, 0.05) is 19.0 Å². The van der Waals surface area contributed by atoms with Crippen LogP contribution in [0.2, 0.25) is 0 Å². The van der Waals surface area contributed by atoms with Crippen molar-refractivity contribution in [2.75, 3.05) is 12.4 Å². The second-order valence-corrected chi connectivity index (χ2v) is 7.53. The van der Waals surface area contributed by atoms with E-state index >= 15 is 0 Å². The largest absolute Gasteiger partial charge is 0.312 e. The molecule has 0 aliphatic rings. The molecule has 108 valence electrons. The van der Waals surface area contributed by atoms with E-state index in [0.29, 0.717) is 0 Å². The zero-order chi connectivity index (χ0) is 14.5. The van der Waals surface area contributed by atoms with Crippen molar-refractivity contribution in [2.45, 2.75) is 53.0 Å². The van der Waals surface area contributed by atoms with Crippen molar-refractivity contribution in [1.29, 1.82) is 0 Å². The highest BCUT2D eigenvalue weighted by Crippen LogP contribution is 2.22. The maximum absolute atomic E-state index is 5.81. The maximum atomic E-state index is 5.81. The molecule has 19 heavy (non-hydrogen) atoms. The molecule has 0 unspecified atom stereocenters. The van der Waals surface area contributed by atoms with E-state index in [1.54, 1.807) is 0 Å². The van der Waals surface area contributed by atoms with Crippen molar-refractivity contribution >= 4 is 11.6 Å². The summed E-state index contributed by atoms with van der Waals surface area (Å²) in [6.45, 7) is 13.2. The summed E-state index contributed by atoms with van der Waals surface area (Å²) in [5.41, 5.74) is 3.23. The molecule has 0 saturated heterocycles. The van der Waals surface area contributed by atoms with E-state index in [2.05, 4.69) is 64.2 Å². The van der Waals surface area contributed by atoms with Gasteiger partial charge in [-0.05, 0) is 28.4 Å². The molecule has 0 aromatic heterocycles. The van der Waals surface area contributed by atoms with Crippen molar-refractivity contribution in [3.05, 3.63) is 35.4 Å². The number of nitrogens with one attached hydrogen (secondary N) is 1. The van der Waals surface area contributed by atoms with E-state index in [9.17, 15) is 0 Å². The SMILES string of the molecule is CC(C)(CCCl)CNCc1ccc(C(C)(C)C)cc1. The average Bonchev–Trinajstić information content (AvgIpc) is 2.28. The van der Waals surface area contributed by atoms with Crippen molar-refractivity contribution < 1.29 is 0 Å². The Kier molecular flexibility index (Phi) is 5.88. The van der Waals surface area contributed by atoms with Gasteiger partial charge < -0.3 is 5.32 Å². The maximum Gasteiger partial charge on any atom is 0.0229 e. The quantitative estimate of drug-likeness (QED) is 0.744. The number of halogens is 1. The first-order valence-corrected chi connectivity index (χ1v) is 7.64. The van der Waals surface area contributed by atoms with E-state index in [4.69, 9.17) is 11.6 Å². The number of benzene rings is 1. The van der Waals surface area contributed by atoms with Crippen LogP contribution < -0.4 is 5.32 Å². The standard InChI is InChI=1S/C17H28ClN/c1-16(2,3)15-8-6-14(7-9-15)12-19-13-17(4,5)10-11-18/h6-9,19H,10-13H2,1-5H3. The molecule has 0 bridgehead atoms. The molecule has 0 heterocycles.